The van der Waals surface area contributed by atoms with Gasteiger partial charge in [0.1, 0.15) is 12.0 Å². The Morgan fingerprint density at radius 3 is 2.91 bits per heavy atom. The van der Waals surface area contributed by atoms with Crippen LogP contribution >= 0.6 is 0 Å². The molecular weight excluding hydrogens is 152 g/mol. The highest BCUT2D eigenvalue weighted by atomic mass is 32.2. The van der Waals surface area contributed by atoms with Crippen molar-refractivity contribution >= 4 is 17.0 Å². The van der Waals surface area contributed by atoms with Crippen LogP contribution in [0.25, 0.3) is 6.08 Å². The number of fused-ring (bicyclic) bond motifs is 1. The molecule has 1 unspecified atom stereocenters. The average Bonchev–Trinajstić information content (AvgIpc) is 2.06. The molecule has 1 aromatic carbocycles. The highest BCUT2D eigenvalue weighted by Crippen LogP contribution is 2.22. The maximum absolute atomic E-state index is 2.31. The molecule has 0 aliphatic carbocycles. The first-order chi connectivity index (χ1) is 5.38. The zero-order valence-electron chi connectivity index (χ0n) is 6.58. The van der Waals surface area contributed by atoms with Crippen molar-refractivity contribution in [2.45, 2.75) is 4.90 Å². The molecule has 0 saturated carbocycles. The predicted octanol–water partition coefficient (Wildman–Crippen LogP) is 2.32. The van der Waals surface area contributed by atoms with E-state index in [1.807, 2.05) is 0 Å². The lowest BCUT2D eigenvalue weighted by molar-refractivity contribution is 1.38. The summed E-state index contributed by atoms with van der Waals surface area (Å²) >= 11 is 0. The second kappa shape index (κ2) is 2.74. The van der Waals surface area contributed by atoms with Crippen molar-refractivity contribution in [3.05, 3.63) is 35.9 Å². The third kappa shape index (κ3) is 1.21. The quantitative estimate of drug-likeness (QED) is 0.515. The first-order valence-electron chi connectivity index (χ1n) is 3.76. The summed E-state index contributed by atoms with van der Waals surface area (Å²) in [6.45, 7) is 0. The second-order valence-electron chi connectivity index (χ2n) is 2.74. The molecule has 11 heavy (non-hydrogen) atoms. The molecule has 0 bridgehead atoms. The molecular formula is C10H11S+. The van der Waals surface area contributed by atoms with Gasteiger partial charge in [0.25, 0.3) is 0 Å². The Labute approximate surface area is 70.3 Å². The Morgan fingerprint density at radius 1 is 1.27 bits per heavy atom. The van der Waals surface area contributed by atoms with Gasteiger partial charge in [-0.15, -0.1) is 0 Å². The van der Waals surface area contributed by atoms with Gasteiger partial charge in [0.2, 0.25) is 0 Å². The maximum atomic E-state index is 2.31. The molecule has 1 heteroatoms. The normalized spacial score (nSPS) is 21.4. The fourth-order valence-electron chi connectivity index (χ4n) is 1.34. The summed E-state index contributed by atoms with van der Waals surface area (Å²) in [5.74, 6) is 1.22. The van der Waals surface area contributed by atoms with Crippen LogP contribution in [0.3, 0.4) is 0 Å². The molecule has 0 spiro atoms. The minimum absolute atomic E-state index is 0.448. The summed E-state index contributed by atoms with van der Waals surface area (Å²) in [5.41, 5.74) is 1.41. The van der Waals surface area contributed by atoms with E-state index in [1.54, 1.807) is 0 Å². The van der Waals surface area contributed by atoms with Crippen LogP contribution in [0.1, 0.15) is 5.56 Å². The molecule has 1 aliphatic heterocycles. The monoisotopic (exact) mass is 163 g/mol. The van der Waals surface area contributed by atoms with Crippen LogP contribution in [0.15, 0.2) is 35.2 Å². The summed E-state index contributed by atoms with van der Waals surface area (Å²) in [4.78, 5) is 1.52. The van der Waals surface area contributed by atoms with Crippen LogP contribution in [0.2, 0.25) is 0 Å². The Morgan fingerprint density at radius 2 is 2.09 bits per heavy atom. The third-order valence-electron chi connectivity index (χ3n) is 1.94. The van der Waals surface area contributed by atoms with E-state index < -0.39 is 0 Å². The van der Waals surface area contributed by atoms with Crippen LogP contribution in [0.4, 0.5) is 0 Å². The summed E-state index contributed by atoms with van der Waals surface area (Å²) in [7, 11) is 0.448. The van der Waals surface area contributed by atoms with E-state index >= 15 is 0 Å². The number of hydrogen-bond donors (Lipinski definition) is 0. The minimum Gasteiger partial charge on any atom is -0.0613 e. The van der Waals surface area contributed by atoms with Gasteiger partial charge < -0.3 is 0 Å². The van der Waals surface area contributed by atoms with Crippen LogP contribution in [-0.4, -0.2) is 12.0 Å². The molecule has 1 heterocycles. The van der Waals surface area contributed by atoms with E-state index in [1.165, 1.54) is 16.2 Å². The summed E-state index contributed by atoms with van der Waals surface area (Å²) in [6, 6.07) is 8.66. The molecule has 0 fully saturated rings. The van der Waals surface area contributed by atoms with E-state index in [0.717, 1.165) is 0 Å². The van der Waals surface area contributed by atoms with Crippen LogP contribution < -0.4 is 0 Å². The summed E-state index contributed by atoms with van der Waals surface area (Å²) in [6.07, 6.45) is 6.80. The molecule has 56 valence electrons. The molecule has 0 radical (unpaired) electrons. The molecule has 0 saturated heterocycles. The smallest absolute Gasteiger partial charge is 0.0613 e. The van der Waals surface area contributed by atoms with Crippen molar-refractivity contribution in [1.82, 2.24) is 0 Å². The Hall–Kier alpha value is -0.690. The summed E-state index contributed by atoms with van der Waals surface area (Å²) < 4.78 is 0. The van der Waals surface area contributed by atoms with Gasteiger partial charge in [0, 0.05) is 16.5 Å². The fourth-order valence-corrected chi connectivity index (χ4v) is 2.76. The zero-order chi connectivity index (χ0) is 7.68. The molecule has 0 N–H and O–H groups in total. The van der Waals surface area contributed by atoms with Crippen LogP contribution in [0.5, 0.6) is 0 Å². The van der Waals surface area contributed by atoms with E-state index in [2.05, 4.69) is 42.7 Å². The van der Waals surface area contributed by atoms with Gasteiger partial charge in [-0.3, -0.25) is 0 Å². The third-order valence-corrected chi connectivity index (χ3v) is 3.75. The lowest BCUT2D eigenvalue weighted by atomic mass is 10.2. The topological polar surface area (TPSA) is 0 Å². The molecule has 1 aromatic rings. The second-order valence-corrected chi connectivity index (χ2v) is 4.79. The van der Waals surface area contributed by atoms with Crippen molar-refractivity contribution in [2.75, 3.05) is 12.0 Å². The Balaban J connectivity index is 2.54. The van der Waals surface area contributed by atoms with Gasteiger partial charge in [-0.2, -0.15) is 0 Å². The van der Waals surface area contributed by atoms with Gasteiger partial charge in [-0.05, 0) is 24.3 Å². The molecule has 2 rings (SSSR count). The van der Waals surface area contributed by atoms with E-state index in [4.69, 9.17) is 0 Å². The SMILES string of the molecule is C[S+]1CC=Cc2ccccc21. The number of benzene rings is 1. The summed E-state index contributed by atoms with van der Waals surface area (Å²) in [5, 5.41) is 0. The van der Waals surface area contributed by atoms with Crippen LogP contribution in [0, 0.1) is 0 Å². The number of hydrogen-bond acceptors (Lipinski definition) is 0. The Kier molecular flexibility index (Phi) is 1.74. The van der Waals surface area contributed by atoms with Gasteiger partial charge in [0.15, 0.2) is 4.90 Å². The molecule has 0 aromatic heterocycles. The largest absolute Gasteiger partial charge is 0.162 e. The van der Waals surface area contributed by atoms with E-state index in [9.17, 15) is 0 Å². The lowest BCUT2D eigenvalue weighted by Crippen LogP contribution is -2.08. The van der Waals surface area contributed by atoms with Crippen molar-refractivity contribution in [3.8, 4) is 0 Å². The predicted molar refractivity (Wildman–Crippen MR) is 51.9 cm³/mol. The molecule has 0 amide bonds. The van der Waals surface area contributed by atoms with Crippen LogP contribution in [-0.2, 0) is 10.9 Å². The minimum atomic E-state index is 0.448. The van der Waals surface area contributed by atoms with Gasteiger partial charge in [-0.25, -0.2) is 0 Å². The van der Waals surface area contributed by atoms with Gasteiger partial charge in [-0.1, -0.05) is 12.1 Å². The maximum Gasteiger partial charge on any atom is 0.162 e. The molecule has 0 nitrogen and oxygen atoms in total. The highest BCUT2D eigenvalue weighted by molar-refractivity contribution is 7.96. The Bertz CT molecular complexity index is 289. The van der Waals surface area contributed by atoms with E-state index in [0.29, 0.717) is 10.9 Å². The van der Waals surface area contributed by atoms with E-state index in [-0.39, 0.29) is 0 Å². The van der Waals surface area contributed by atoms with Gasteiger partial charge in [0.05, 0.1) is 0 Å². The zero-order valence-corrected chi connectivity index (χ0v) is 7.40. The lowest BCUT2D eigenvalue weighted by Gasteiger charge is -2.07. The molecule has 1 aliphatic rings. The molecule has 1 atom stereocenters. The highest BCUT2D eigenvalue weighted by Gasteiger charge is 2.19. The fraction of sp³-hybridized carbons (Fsp3) is 0.200. The van der Waals surface area contributed by atoms with Crippen molar-refractivity contribution in [3.63, 3.8) is 0 Å². The van der Waals surface area contributed by atoms with Gasteiger partial charge >= 0.3 is 0 Å². The first-order valence-corrected chi connectivity index (χ1v) is 5.56. The van der Waals surface area contributed by atoms with Crippen molar-refractivity contribution in [1.29, 1.82) is 0 Å². The first kappa shape index (κ1) is 6.99. The standard InChI is InChI=1S/C10H11S/c1-11-8-4-6-9-5-2-3-7-10(9)11/h2-7H,8H2,1H3/q+1. The van der Waals surface area contributed by atoms with Crippen molar-refractivity contribution in [2.24, 2.45) is 0 Å². The average molecular weight is 163 g/mol. The number of rotatable bonds is 0. The van der Waals surface area contributed by atoms with Crippen molar-refractivity contribution < 1.29 is 0 Å².